The highest BCUT2D eigenvalue weighted by Crippen LogP contribution is 2.39. The molecule has 1 saturated heterocycles. The Bertz CT molecular complexity index is 703. The Morgan fingerprint density at radius 2 is 1.60 bits per heavy atom. The summed E-state index contributed by atoms with van der Waals surface area (Å²) in [5.41, 5.74) is 1.79. The number of likely N-dealkylation sites (tertiary alicyclic amines) is 1. The zero-order valence-corrected chi connectivity index (χ0v) is 15.2. The van der Waals surface area contributed by atoms with Crippen molar-refractivity contribution in [3.05, 3.63) is 65.7 Å². The van der Waals surface area contributed by atoms with Crippen LogP contribution in [0.4, 0.5) is 0 Å². The van der Waals surface area contributed by atoms with Crippen molar-refractivity contribution in [1.82, 2.24) is 4.90 Å². The number of hydrogen-bond donors (Lipinski definition) is 0. The molecule has 1 fully saturated rings. The molecule has 0 radical (unpaired) electrons. The maximum Gasteiger partial charge on any atom is 0.170 e. The van der Waals surface area contributed by atoms with Crippen LogP contribution < -0.4 is 4.74 Å². The highest BCUT2D eigenvalue weighted by molar-refractivity contribution is 6.00. The molecular weight excluding hydrogens is 310 g/mol. The normalized spacial score (nSPS) is 18.7. The average molecular weight is 337 g/mol. The van der Waals surface area contributed by atoms with E-state index in [2.05, 4.69) is 29.2 Å². The topological polar surface area (TPSA) is 29.5 Å². The van der Waals surface area contributed by atoms with Crippen LogP contribution in [0.1, 0.15) is 49.0 Å². The molecule has 1 spiro atoms. The van der Waals surface area contributed by atoms with Crippen molar-refractivity contribution < 1.29 is 9.53 Å². The highest BCUT2D eigenvalue weighted by atomic mass is 16.5. The molecule has 0 bridgehead atoms. The van der Waals surface area contributed by atoms with Gasteiger partial charge in [-0.25, -0.2) is 0 Å². The van der Waals surface area contributed by atoms with E-state index in [0.717, 1.165) is 43.8 Å². The Morgan fingerprint density at radius 1 is 0.960 bits per heavy atom. The summed E-state index contributed by atoms with van der Waals surface area (Å²) in [5.74, 6) is 0.989. The molecule has 0 saturated carbocycles. The fourth-order valence-electron chi connectivity index (χ4n) is 3.68. The van der Waals surface area contributed by atoms with Gasteiger partial charge in [-0.15, -0.1) is 0 Å². The van der Waals surface area contributed by atoms with Crippen molar-refractivity contribution in [2.75, 3.05) is 13.1 Å². The Hall–Kier alpha value is -2.13. The van der Waals surface area contributed by atoms with Crippen molar-refractivity contribution in [2.45, 2.75) is 45.3 Å². The number of ether oxygens (including phenoxy) is 1. The molecule has 0 atom stereocenters. The molecule has 2 aromatic rings. The lowest BCUT2D eigenvalue weighted by molar-refractivity contribution is -0.0107. The zero-order valence-electron chi connectivity index (χ0n) is 15.2. The Balaban J connectivity index is 0.000000880. The number of carbonyl (C=O) groups is 1. The van der Waals surface area contributed by atoms with E-state index in [4.69, 9.17) is 4.74 Å². The van der Waals surface area contributed by atoms with Gasteiger partial charge in [0, 0.05) is 32.5 Å². The van der Waals surface area contributed by atoms with Gasteiger partial charge < -0.3 is 4.74 Å². The van der Waals surface area contributed by atoms with Crippen molar-refractivity contribution in [2.24, 2.45) is 0 Å². The lowest BCUT2D eigenvalue weighted by atomic mass is 9.82. The van der Waals surface area contributed by atoms with Gasteiger partial charge in [-0.05, 0) is 17.7 Å². The Labute approximate surface area is 150 Å². The smallest absolute Gasteiger partial charge is 0.170 e. The number of Topliss-reactive ketones (excluding diaryl/α,β-unsaturated/α-hetero) is 1. The third-order valence-electron chi connectivity index (χ3n) is 5.01. The van der Waals surface area contributed by atoms with E-state index >= 15 is 0 Å². The van der Waals surface area contributed by atoms with E-state index in [1.807, 2.05) is 44.2 Å². The predicted octanol–water partition coefficient (Wildman–Crippen LogP) is 4.71. The number of para-hydroxylation sites is 1. The maximum absolute atomic E-state index is 12.4. The van der Waals surface area contributed by atoms with Crippen LogP contribution in [0.5, 0.6) is 5.75 Å². The second kappa shape index (κ2) is 7.83. The summed E-state index contributed by atoms with van der Waals surface area (Å²) >= 11 is 0. The van der Waals surface area contributed by atoms with Crippen LogP contribution in [0, 0.1) is 0 Å². The first-order valence-electron chi connectivity index (χ1n) is 9.32. The fraction of sp³-hybridized carbons (Fsp3) is 0.409. The summed E-state index contributed by atoms with van der Waals surface area (Å²) in [6.07, 6.45) is 2.35. The number of fused-ring (bicyclic) bond motifs is 1. The predicted molar refractivity (Wildman–Crippen MR) is 101 cm³/mol. The number of ketones is 1. The number of piperidine rings is 1. The van der Waals surface area contributed by atoms with Crippen molar-refractivity contribution in [3.63, 3.8) is 0 Å². The molecule has 2 aliphatic heterocycles. The number of rotatable bonds is 2. The summed E-state index contributed by atoms with van der Waals surface area (Å²) in [5, 5.41) is 0. The van der Waals surface area contributed by atoms with Gasteiger partial charge in [0.15, 0.2) is 5.78 Å². The largest absolute Gasteiger partial charge is 0.486 e. The number of benzene rings is 2. The highest BCUT2D eigenvalue weighted by Gasteiger charge is 2.42. The molecule has 4 rings (SSSR count). The molecule has 25 heavy (non-hydrogen) atoms. The summed E-state index contributed by atoms with van der Waals surface area (Å²) in [7, 11) is 0. The third kappa shape index (κ3) is 3.93. The van der Waals surface area contributed by atoms with E-state index in [0.29, 0.717) is 6.42 Å². The second-order valence-corrected chi connectivity index (χ2v) is 6.64. The standard InChI is InChI=1S/C20H21NO2.C2H6/c22-18-14-20(23-19-9-5-4-8-17(18)19)10-12-21(13-11-20)15-16-6-2-1-3-7-16;1-2/h1-9H,10-15H2;1-2H3. The number of hydrogen-bond acceptors (Lipinski definition) is 3. The molecule has 0 aromatic heterocycles. The van der Waals surface area contributed by atoms with Crippen LogP contribution in [0.3, 0.4) is 0 Å². The molecule has 3 heteroatoms. The molecule has 2 heterocycles. The summed E-state index contributed by atoms with van der Waals surface area (Å²) in [6, 6.07) is 18.2. The van der Waals surface area contributed by atoms with Crippen molar-refractivity contribution in [3.8, 4) is 5.75 Å². The molecule has 2 aromatic carbocycles. The molecule has 0 aliphatic carbocycles. The summed E-state index contributed by atoms with van der Waals surface area (Å²) in [4.78, 5) is 14.9. The SMILES string of the molecule is CC.O=C1CC2(CCN(Cc3ccccc3)CC2)Oc2ccccc21. The minimum absolute atomic E-state index is 0.225. The van der Waals surface area contributed by atoms with Gasteiger partial charge in [-0.2, -0.15) is 0 Å². The van der Waals surface area contributed by atoms with E-state index in [-0.39, 0.29) is 11.4 Å². The van der Waals surface area contributed by atoms with Gasteiger partial charge in [-0.1, -0.05) is 56.3 Å². The maximum atomic E-state index is 12.4. The molecule has 0 amide bonds. The van der Waals surface area contributed by atoms with Crippen LogP contribution in [0.2, 0.25) is 0 Å². The Morgan fingerprint density at radius 3 is 2.32 bits per heavy atom. The van der Waals surface area contributed by atoms with Crippen LogP contribution in [-0.2, 0) is 6.54 Å². The second-order valence-electron chi connectivity index (χ2n) is 6.64. The molecule has 132 valence electrons. The zero-order chi connectivity index (χ0) is 17.7. The van der Waals surface area contributed by atoms with Crippen molar-refractivity contribution >= 4 is 5.78 Å². The van der Waals surface area contributed by atoms with Crippen molar-refractivity contribution in [1.29, 1.82) is 0 Å². The molecular formula is C22H27NO2. The fourth-order valence-corrected chi connectivity index (χ4v) is 3.68. The van der Waals surface area contributed by atoms with E-state index in [9.17, 15) is 4.79 Å². The number of nitrogens with zero attached hydrogens (tertiary/aromatic N) is 1. The van der Waals surface area contributed by atoms with Crippen LogP contribution in [0.15, 0.2) is 54.6 Å². The number of carbonyl (C=O) groups excluding carboxylic acids is 1. The van der Waals surface area contributed by atoms with Gasteiger partial charge in [-0.3, -0.25) is 9.69 Å². The lowest BCUT2D eigenvalue weighted by Crippen LogP contribution is -2.50. The van der Waals surface area contributed by atoms with Crippen LogP contribution >= 0.6 is 0 Å². The first-order valence-corrected chi connectivity index (χ1v) is 9.32. The quantitative estimate of drug-likeness (QED) is 0.794. The van der Waals surface area contributed by atoms with E-state index < -0.39 is 0 Å². The molecule has 0 unspecified atom stereocenters. The van der Waals surface area contributed by atoms with Crippen LogP contribution in [-0.4, -0.2) is 29.4 Å². The van der Waals surface area contributed by atoms with Gasteiger partial charge in [0.2, 0.25) is 0 Å². The van der Waals surface area contributed by atoms with E-state index in [1.165, 1.54) is 5.56 Å². The summed E-state index contributed by atoms with van der Waals surface area (Å²) < 4.78 is 6.28. The average Bonchev–Trinajstić information content (AvgIpc) is 2.66. The minimum atomic E-state index is -0.293. The minimum Gasteiger partial charge on any atom is -0.486 e. The lowest BCUT2D eigenvalue weighted by Gasteiger charge is -2.44. The van der Waals surface area contributed by atoms with Gasteiger partial charge in [0.05, 0.1) is 12.0 Å². The molecule has 3 nitrogen and oxygen atoms in total. The summed E-state index contributed by atoms with van der Waals surface area (Å²) in [6.45, 7) is 6.93. The van der Waals surface area contributed by atoms with Gasteiger partial charge in [0.25, 0.3) is 0 Å². The first kappa shape index (κ1) is 17.7. The monoisotopic (exact) mass is 337 g/mol. The third-order valence-corrected chi connectivity index (χ3v) is 5.01. The van der Waals surface area contributed by atoms with Crippen LogP contribution in [0.25, 0.3) is 0 Å². The van der Waals surface area contributed by atoms with Gasteiger partial charge >= 0.3 is 0 Å². The first-order chi connectivity index (χ1) is 12.2. The van der Waals surface area contributed by atoms with Gasteiger partial charge in [0.1, 0.15) is 11.4 Å². The molecule has 2 aliphatic rings. The Kier molecular flexibility index (Phi) is 5.54. The molecule has 0 N–H and O–H groups in total. The van der Waals surface area contributed by atoms with E-state index in [1.54, 1.807) is 0 Å².